The van der Waals surface area contributed by atoms with E-state index in [1.165, 1.54) is 18.2 Å². The number of sulfonamides is 1. The van der Waals surface area contributed by atoms with E-state index in [0.29, 0.717) is 23.7 Å². The van der Waals surface area contributed by atoms with Crippen molar-refractivity contribution < 1.29 is 27.5 Å². The summed E-state index contributed by atoms with van der Waals surface area (Å²) in [5, 5.41) is 2.66. The molecule has 0 radical (unpaired) electrons. The van der Waals surface area contributed by atoms with E-state index in [1.807, 2.05) is 6.92 Å². The number of benzene rings is 3. The number of rotatable bonds is 10. The highest BCUT2D eigenvalue weighted by atomic mass is 32.2. The van der Waals surface area contributed by atoms with E-state index in [1.54, 1.807) is 67.6 Å². The number of amides is 1. The summed E-state index contributed by atoms with van der Waals surface area (Å²) < 4.78 is 38.2. The summed E-state index contributed by atoms with van der Waals surface area (Å²) in [7, 11) is -4.04. The van der Waals surface area contributed by atoms with Crippen molar-refractivity contribution in [2.75, 3.05) is 29.4 Å². The van der Waals surface area contributed by atoms with Crippen molar-refractivity contribution in [3.63, 3.8) is 0 Å². The van der Waals surface area contributed by atoms with Crippen LogP contribution in [-0.2, 0) is 19.6 Å². The predicted molar refractivity (Wildman–Crippen MR) is 130 cm³/mol. The van der Waals surface area contributed by atoms with Gasteiger partial charge in [-0.05, 0) is 68.4 Å². The van der Waals surface area contributed by atoms with Crippen LogP contribution in [0.4, 0.5) is 11.4 Å². The third-order valence-corrected chi connectivity index (χ3v) is 6.50. The first-order valence-electron chi connectivity index (χ1n) is 10.7. The van der Waals surface area contributed by atoms with Crippen molar-refractivity contribution in [1.82, 2.24) is 0 Å². The standard InChI is InChI=1S/C25H26N2O6S/c1-3-32-22-15-13-21(14-16-22)27(34(30,31)23-11-6-5-7-12-23)18-24(28)26-20-10-8-9-19(17-20)25(29)33-4-2/h5-17H,3-4,18H2,1-2H3,(H,26,28). The maximum absolute atomic E-state index is 13.4. The van der Waals surface area contributed by atoms with E-state index in [2.05, 4.69) is 5.32 Å². The molecule has 0 aliphatic carbocycles. The molecule has 8 nitrogen and oxygen atoms in total. The number of ether oxygens (including phenoxy) is 2. The molecular formula is C25H26N2O6S. The van der Waals surface area contributed by atoms with Crippen LogP contribution < -0.4 is 14.4 Å². The van der Waals surface area contributed by atoms with E-state index < -0.39 is 28.4 Å². The number of carbonyl (C=O) groups is 2. The zero-order valence-corrected chi connectivity index (χ0v) is 19.7. The van der Waals surface area contributed by atoms with E-state index in [-0.39, 0.29) is 17.1 Å². The second-order valence-electron chi connectivity index (χ2n) is 7.10. The average molecular weight is 483 g/mol. The van der Waals surface area contributed by atoms with Crippen LogP contribution in [0.5, 0.6) is 5.75 Å². The number of esters is 1. The minimum atomic E-state index is -4.04. The fourth-order valence-corrected chi connectivity index (χ4v) is 4.62. The van der Waals surface area contributed by atoms with Gasteiger partial charge in [0.1, 0.15) is 12.3 Å². The molecule has 0 spiro atoms. The normalized spacial score (nSPS) is 10.9. The Morgan fingerprint density at radius 2 is 1.59 bits per heavy atom. The second kappa shape index (κ2) is 11.3. The highest BCUT2D eigenvalue weighted by Gasteiger charge is 2.27. The van der Waals surface area contributed by atoms with Crippen molar-refractivity contribution in [2.45, 2.75) is 18.7 Å². The molecule has 0 fully saturated rings. The van der Waals surface area contributed by atoms with Gasteiger partial charge in [0.05, 0.1) is 29.4 Å². The number of nitrogens with one attached hydrogen (secondary N) is 1. The molecule has 0 unspecified atom stereocenters. The van der Waals surface area contributed by atoms with Gasteiger partial charge in [-0.1, -0.05) is 24.3 Å². The molecule has 1 amide bonds. The Bertz CT molecular complexity index is 1230. The Labute approximate surface area is 199 Å². The molecule has 3 aromatic rings. The Morgan fingerprint density at radius 1 is 0.882 bits per heavy atom. The SMILES string of the molecule is CCOC(=O)c1cccc(NC(=O)CN(c2ccc(OCC)cc2)S(=O)(=O)c2ccccc2)c1. The van der Waals surface area contributed by atoms with E-state index in [4.69, 9.17) is 9.47 Å². The quantitative estimate of drug-likeness (QED) is 0.437. The highest BCUT2D eigenvalue weighted by Crippen LogP contribution is 2.26. The largest absolute Gasteiger partial charge is 0.494 e. The molecule has 3 rings (SSSR count). The molecule has 0 aliphatic rings. The van der Waals surface area contributed by atoms with Crippen LogP contribution in [0.25, 0.3) is 0 Å². The number of hydrogen-bond acceptors (Lipinski definition) is 6. The van der Waals surface area contributed by atoms with Crippen LogP contribution in [-0.4, -0.2) is 40.1 Å². The van der Waals surface area contributed by atoms with Gasteiger partial charge in [-0.2, -0.15) is 0 Å². The summed E-state index contributed by atoms with van der Waals surface area (Å²) in [6.07, 6.45) is 0. The molecule has 1 N–H and O–H groups in total. The molecule has 0 aromatic heterocycles. The molecular weight excluding hydrogens is 456 g/mol. The van der Waals surface area contributed by atoms with Crippen LogP contribution in [0.3, 0.4) is 0 Å². The molecule has 0 atom stereocenters. The van der Waals surface area contributed by atoms with Gasteiger partial charge in [-0.15, -0.1) is 0 Å². The zero-order chi connectivity index (χ0) is 24.6. The van der Waals surface area contributed by atoms with Crippen molar-refractivity contribution in [2.24, 2.45) is 0 Å². The van der Waals surface area contributed by atoms with Crippen molar-refractivity contribution >= 4 is 33.3 Å². The summed E-state index contributed by atoms with van der Waals surface area (Å²) in [4.78, 5) is 24.9. The van der Waals surface area contributed by atoms with Crippen molar-refractivity contribution in [1.29, 1.82) is 0 Å². The Morgan fingerprint density at radius 3 is 2.24 bits per heavy atom. The highest BCUT2D eigenvalue weighted by molar-refractivity contribution is 7.92. The van der Waals surface area contributed by atoms with Gasteiger partial charge in [0, 0.05) is 5.69 Å². The molecule has 0 saturated carbocycles. The molecule has 0 bridgehead atoms. The van der Waals surface area contributed by atoms with Gasteiger partial charge in [-0.25, -0.2) is 13.2 Å². The first kappa shape index (κ1) is 24.8. The summed E-state index contributed by atoms with van der Waals surface area (Å²) in [5.74, 6) is -0.501. The van der Waals surface area contributed by atoms with Crippen LogP contribution in [0.2, 0.25) is 0 Å². The van der Waals surface area contributed by atoms with E-state index in [9.17, 15) is 18.0 Å². The second-order valence-corrected chi connectivity index (χ2v) is 8.96. The fraction of sp³-hybridized carbons (Fsp3) is 0.200. The van der Waals surface area contributed by atoms with Gasteiger partial charge in [0.15, 0.2) is 0 Å². The molecule has 34 heavy (non-hydrogen) atoms. The number of carbonyl (C=O) groups excluding carboxylic acids is 2. The van der Waals surface area contributed by atoms with E-state index >= 15 is 0 Å². The molecule has 3 aromatic carbocycles. The fourth-order valence-electron chi connectivity index (χ4n) is 3.18. The minimum Gasteiger partial charge on any atom is -0.494 e. The molecule has 9 heteroatoms. The van der Waals surface area contributed by atoms with Gasteiger partial charge >= 0.3 is 5.97 Å². The van der Waals surface area contributed by atoms with Gasteiger partial charge in [-0.3, -0.25) is 9.10 Å². The van der Waals surface area contributed by atoms with Crippen molar-refractivity contribution in [3.05, 3.63) is 84.4 Å². The summed E-state index contributed by atoms with van der Waals surface area (Å²) >= 11 is 0. The Balaban J connectivity index is 1.88. The van der Waals surface area contributed by atoms with Crippen LogP contribution in [0.1, 0.15) is 24.2 Å². The van der Waals surface area contributed by atoms with Gasteiger partial charge < -0.3 is 14.8 Å². The summed E-state index contributed by atoms with van der Waals surface area (Å²) in [6.45, 7) is 3.77. The molecule has 0 saturated heterocycles. The molecule has 0 heterocycles. The first-order valence-corrected chi connectivity index (χ1v) is 12.2. The Kier molecular flexibility index (Phi) is 8.26. The average Bonchev–Trinajstić information content (AvgIpc) is 2.84. The lowest BCUT2D eigenvalue weighted by Crippen LogP contribution is -2.38. The van der Waals surface area contributed by atoms with Crippen molar-refractivity contribution in [3.8, 4) is 5.75 Å². The maximum Gasteiger partial charge on any atom is 0.338 e. The predicted octanol–water partition coefficient (Wildman–Crippen LogP) is 4.10. The van der Waals surface area contributed by atoms with Crippen LogP contribution in [0.15, 0.2) is 83.8 Å². The van der Waals surface area contributed by atoms with E-state index in [0.717, 1.165) is 4.31 Å². The summed E-state index contributed by atoms with van der Waals surface area (Å²) in [6, 6.07) is 20.6. The number of anilines is 2. The minimum absolute atomic E-state index is 0.0565. The zero-order valence-electron chi connectivity index (χ0n) is 18.9. The lowest BCUT2D eigenvalue weighted by Gasteiger charge is -2.24. The monoisotopic (exact) mass is 482 g/mol. The smallest absolute Gasteiger partial charge is 0.338 e. The lowest BCUT2D eigenvalue weighted by atomic mass is 10.2. The molecule has 178 valence electrons. The van der Waals surface area contributed by atoms with Gasteiger partial charge in [0.25, 0.3) is 10.0 Å². The summed E-state index contributed by atoms with van der Waals surface area (Å²) in [5.41, 5.74) is 0.932. The lowest BCUT2D eigenvalue weighted by molar-refractivity contribution is -0.114. The third kappa shape index (κ3) is 6.14. The topological polar surface area (TPSA) is 102 Å². The Hall–Kier alpha value is -3.85. The first-order chi connectivity index (χ1) is 16.3. The molecule has 0 aliphatic heterocycles. The maximum atomic E-state index is 13.4. The van der Waals surface area contributed by atoms with Crippen LogP contribution in [0, 0.1) is 0 Å². The number of nitrogens with zero attached hydrogens (tertiary/aromatic N) is 1. The number of hydrogen-bond donors (Lipinski definition) is 1. The van der Waals surface area contributed by atoms with Gasteiger partial charge in [0.2, 0.25) is 5.91 Å². The third-order valence-electron chi connectivity index (χ3n) is 4.71. The van der Waals surface area contributed by atoms with Crippen LogP contribution >= 0.6 is 0 Å².